The highest BCUT2D eigenvalue weighted by molar-refractivity contribution is 8.06. The summed E-state index contributed by atoms with van der Waals surface area (Å²) in [6, 6.07) is 6.33. The molecule has 1 aromatic heterocycles. The van der Waals surface area contributed by atoms with Crippen molar-refractivity contribution in [1.29, 1.82) is 0 Å². The lowest BCUT2D eigenvalue weighted by atomic mass is 9.94. The van der Waals surface area contributed by atoms with E-state index in [2.05, 4.69) is 20.8 Å². The quantitative estimate of drug-likeness (QED) is 0.399. The molecule has 0 radical (unpaired) electrons. The van der Waals surface area contributed by atoms with Gasteiger partial charge in [0, 0.05) is 30.0 Å². The number of nitrogens with zero attached hydrogens (tertiary/aromatic N) is 3. The van der Waals surface area contributed by atoms with Crippen LogP contribution in [-0.4, -0.2) is 33.4 Å². The molecule has 1 unspecified atom stereocenters. The lowest BCUT2D eigenvalue weighted by Crippen LogP contribution is -2.34. The molecule has 0 saturated heterocycles. The Morgan fingerprint density at radius 2 is 1.86 bits per heavy atom. The maximum Gasteiger partial charge on any atom is 0.230 e. The van der Waals surface area contributed by atoms with E-state index in [9.17, 15) is 9.18 Å². The fourth-order valence-electron chi connectivity index (χ4n) is 5.16. The molecule has 5 rings (SSSR count). The first-order valence-corrected chi connectivity index (χ1v) is 14.2. The van der Waals surface area contributed by atoms with Crippen molar-refractivity contribution in [3.63, 3.8) is 0 Å². The van der Waals surface area contributed by atoms with Crippen LogP contribution in [0.4, 0.5) is 4.39 Å². The van der Waals surface area contributed by atoms with Crippen LogP contribution in [0.1, 0.15) is 64.4 Å². The molecule has 1 aromatic carbocycles. The summed E-state index contributed by atoms with van der Waals surface area (Å²) in [5, 5.41) is 0.837. The largest absolute Gasteiger partial charge is 0.342 e. The Morgan fingerprint density at radius 3 is 2.62 bits per heavy atom. The minimum Gasteiger partial charge on any atom is -0.342 e. The van der Waals surface area contributed by atoms with Crippen molar-refractivity contribution in [2.45, 2.75) is 59.3 Å². The molecule has 0 N–H and O–H groups in total. The van der Waals surface area contributed by atoms with E-state index < -0.39 is 0 Å². The summed E-state index contributed by atoms with van der Waals surface area (Å²) in [5.74, 6) is 0.687. The molecule has 7 heteroatoms. The number of rotatable bonds is 4. The molecule has 1 amide bonds. The number of thioether (sulfide) groups is 1. The standard InChI is InChI=1S/C30H33ClFN3OS/c1-19-4-5-22-12-14-34(15-13-28(22)37-21(19)3)30(36)17-29-33-27(23-6-11-26(31)20(2)16-23)18-35(29)25-9-7-24(32)8-10-25/h6-11,18,20H,4-5,12-17H2,1-3H3. The van der Waals surface area contributed by atoms with E-state index in [4.69, 9.17) is 16.6 Å². The lowest BCUT2D eigenvalue weighted by molar-refractivity contribution is -0.130. The fraction of sp³-hybridized carbons (Fsp3) is 0.400. The third kappa shape index (κ3) is 5.80. The van der Waals surface area contributed by atoms with Gasteiger partial charge in [0.05, 0.1) is 12.1 Å². The van der Waals surface area contributed by atoms with E-state index in [0.29, 0.717) is 5.82 Å². The first kappa shape index (κ1) is 26.1. The molecule has 4 nitrogen and oxygen atoms in total. The van der Waals surface area contributed by atoms with Gasteiger partial charge in [0.15, 0.2) is 0 Å². The van der Waals surface area contributed by atoms with E-state index in [-0.39, 0.29) is 24.1 Å². The van der Waals surface area contributed by atoms with Gasteiger partial charge >= 0.3 is 0 Å². The van der Waals surface area contributed by atoms with Crippen molar-refractivity contribution in [3.8, 4) is 5.69 Å². The number of hydrogen-bond acceptors (Lipinski definition) is 3. The van der Waals surface area contributed by atoms with Gasteiger partial charge in [0.1, 0.15) is 11.6 Å². The third-order valence-electron chi connectivity index (χ3n) is 7.68. The molecule has 2 aromatic rings. The molecule has 0 fully saturated rings. The first-order chi connectivity index (χ1) is 17.8. The minimum absolute atomic E-state index is 0.0838. The zero-order valence-electron chi connectivity index (χ0n) is 21.7. The zero-order chi connectivity index (χ0) is 26.1. The number of amides is 1. The third-order valence-corrected chi connectivity index (χ3v) is 9.57. The van der Waals surface area contributed by atoms with Crippen molar-refractivity contribution in [1.82, 2.24) is 14.5 Å². The van der Waals surface area contributed by atoms with E-state index in [1.807, 2.05) is 39.6 Å². The number of hydrogen-bond donors (Lipinski definition) is 0. The number of aromatic nitrogens is 2. The maximum absolute atomic E-state index is 13.6. The molecule has 1 aliphatic carbocycles. The van der Waals surface area contributed by atoms with Crippen molar-refractivity contribution in [3.05, 3.63) is 85.9 Å². The summed E-state index contributed by atoms with van der Waals surface area (Å²) >= 11 is 8.21. The number of carbonyl (C=O) groups excluding carboxylic acids is 1. The van der Waals surface area contributed by atoms with Crippen LogP contribution in [0, 0.1) is 11.7 Å². The van der Waals surface area contributed by atoms with Gasteiger partial charge in [-0.15, -0.1) is 0 Å². The highest BCUT2D eigenvalue weighted by Gasteiger charge is 2.25. The number of carbonyl (C=O) groups is 1. The number of halogens is 2. The second-order valence-corrected chi connectivity index (χ2v) is 12.0. The second kappa shape index (κ2) is 11.0. The molecular formula is C30H33ClFN3OS. The Balaban J connectivity index is 1.37. The SMILES string of the molecule is CC1=C(C)SC2=C(CC1)CCN(C(=O)Cc1nc(C3=CC=C(Cl)C(C)C3)cn1-c1ccc(F)cc1)CC2. The average Bonchev–Trinajstić information content (AvgIpc) is 3.11. The number of benzene rings is 1. The van der Waals surface area contributed by atoms with Gasteiger partial charge in [-0.25, -0.2) is 9.37 Å². The predicted molar refractivity (Wildman–Crippen MR) is 151 cm³/mol. The Bertz CT molecular complexity index is 1340. The summed E-state index contributed by atoms with van der Waals surface area (Å²) in [5.41, 5.74) is 5.70. The lowest BCUT2D eigenvalue weighted by Gasteiger charge is -2.21. The van der Waals surface area contributed by atoms with Crippen LogP contribution >= 0.6 is 23.4 Å². The van der Waals surface area contributed by atoms with Gasteiger partial charge in [0.25, 0.3) is 0 Å². The smallest absolute Gasteiger partial charge is 0.230 e. The average molecular weight is 538 g/mol. The second-order valence-electron chi connectivity index (χ2n) is 10.3. The molecular weight excluding hydrogens is 505 g/mol. The maximum atomic E-state index is 13.6. The van der Waals surface area contributed by atoms with Crippen LogP contribution in [0.2, 0.25) is 0 Å². The molecule has 0 spiro atoms. The highest BCUT2D eigenvalue weighted by atomic mass is 35.5. The van der Waals surface area contributed by atoms with Gasteiger partial charge in [-0.2, -0.15) is 0 Å². The summed E-state index contributed by atoms with van der Waals surface area (Å²) in [7, 11) is 0. The van der Waals surface area contributed by atoms with Gasteiger partial charge in [-0.1, -0.05) is 47.5 Å². The molecule has 37 heavy (non-hydrogen) atoms. The minimum atomic E-state index is -0.291. The van der Waals surface area contributed by atoms with Crippen LogP contribution in [0.15, 0.2) is 68.6 Å². The van der Waals surface area contributed by atoms with Crippen molar-refractivity contribution in [2.75, 3.05) is 13.1 Å². The Hall–Kier alpha value is -2.57. The van der Waals surface area contributed by atoms with Crippen molar-refractivity contribution in [2.24, 2.45) is 5.92 Å². The van der Waals surface area contributed by atoms with Crippen LogP contribution < -0.4 is 0 Å². The van der Waals surface area contributed by atoms with Crippen LogP contribution in [0.5, 0.6) is 0 Å². The van der Waals surface area contributed by atoms with Crippen molar-refractivity contribution < 1.29 is 9.18 Å². The number of allylic oxidation sites excluding steroid dienone is 6. The molecule has 0 bridgehead atoms. The van der Waals surface area contributed by atoms with E-state index in [0.717, 1.165) is 67.2 Å². The normalized spacial score (nSPS) is 20.8. The Kier molecular flexibility index (Phi) is 7.77. The Labute approximate surface area is 228 Å². The Morgan fingerprint density at radius 1 is 1.11 bits per heavy atom. The molecule has 1 atom stereocenters. The van der Waals surface area contributed by atoms with E-state index >= 15 is 0 Å². The number of imidazole rings is 1. The summed E-state index contributed by atoms with van der Waals surface area (Å²) < 4.78 is 15.6. The topological polar surface area (TPSA) is 38.1 Å². The molecule has 0 saturated carbocycles. The first-order valence-electron chi connectivity index (χ1n) is 13.0. The van der Waals surface area contributed by atoms with Crippen LogP contribution in [-0.2, 0) is 11.2 Å². The summed E-state index contributed by atoms with van der Waals surface area (Å²) in [4.78, 5) is 23.3. The fourth-order valence-corrected chi connectivity index (χ4v) is 6.49. The predicted octanol–water partition coefficient (Wildman–Crippen LogP) is 7.80. The molecule has 2 aliphatic heterocycles. The van der Waals surface area contributed by atoms with Crippen LogP contribution in [0.3, 0.4) is 0 Å². The van der Waals surface area contributed by atoms with Gasteiger partial charge in [-0.3, -0.25) is 4.79 Å². The monoisotopic (exact) mass is 537 g/mol. The molecule has 194 valence electrons. The molecule has 3 aliphatic rings. The summed E-state index contributed by atoms with van der Waals surface area (Å²) in [6.07, 6.45) is 10.9. The highest BCUT2D eigenvalue weighted by Crippen LogP contribution is 2.40. The van der Waals surface area contributed by atoms with Gasteiger partial charge in [0.2, 0.25) is 5.91 Å². The van der Waals surface area contributed by atoms with E-state index in [1.54, 1.807) is 12.1 Å². The molecule has 3 heterocycles. The van der Waals surface area contributed by atoms with Gasteiger partial charge in [-0.05, 0) is 97.6 Å². The van der Waals surface area contributed by atoms with E-state index in [1.165, 1.54) is 33.1 Å². The van der Waals surface area contributed by atoms with Gasteiger partial charge < -0.3 is 9.47 Å². The van der Waals surface area contributed by atoms with Crippen molar-refractivity contribution >= 4 is 34.8 Å². The summed E-state index contributed by atoms with van der Waals surface area (Å²) in [6.45, 7) is 8.01. The zero-order valence-corrected chi connectivity index (χ0v) is 23.3. The van der Waals surface area contributed by atoms with Crippen LogP contribution in [0.25, 0.3) is 11.3 Å².